The van der Waals surface area contributed by atoms with Gasteiger partial charge < -0.3 is 14.9 Å². The average Bonchev–Trinajstić information content (AvgIpc) is 2.96. The molecule has 1 saturated carbocycles. The van der Waals surface area contributed by atoms with Gasteiger partial charge in [0.1, 0.15) is 5.75 Å². The van der Waals surface area contributed by atoms with Gasteiger partial charge in [-0.25, -0.2) is 13.1 Å². The molecule has 4 unspecified atom stereocenters. The molecule has 0 heterocycles. The van der Waals surface area contributed by atoms with Gasteiger partial charge in [-0.1, -0.05) is 18.2 Å². The monoisotopic (exact) mass is 388 g/mol. The number of rotatable bonds is 5. The van der Waals surface area contributed by atoms with E-state index in [1.807, 2.05) is 6.07 Å². The van der Waals surface area contributed by atoms with Gasteiger partial charge in [-0.2, -0.15) is 5.26 Å². The normalized spacial score (nSPS) is 25.1. The Morgan fingerprint density at radius 1 is 1.19 bits per heavy atom. The Kier molecular flexibility index (Phi) is 5.48. The molecule has 3 rings (SSSR count). The summed E-state index contributed by atoms with van der Waals surface area (Å²) in [5.74, 6) is 0.248. The van der Waals surface area contributed by atoms with Crippen molar-refractivity contribution in [2.75, 3.05) is 7.11 Å². The molecule has 0 saturated heterocycles. The molecule has 2 aromatic rings. The Balaban J connectivity index is 1.90. The second kappa shape index (κ2) is 7.66. The van der Waals surface area contributed by atoms with E-state index < -0.39 is 34.2 Å². The molecule has 4 atom stereocenters. The van der Waals surface area contributed by atoms with Crippen LogP contribution in [0.4, 0.5) is 0 Å². The summed E-state index contributed by atoms with van der Waals surface area (Å²) in [5.41, 5.74) is 1.00. The summed E-state index contributed by atoms with van der Waals surface area (Å²) in [6.07, 6.45) is -2.07. The number of methoxy groups -OCH3 is 1. The van der Waals surface area contributed by atoms with Crippen LogP contribution in [0.25, 0.3) is 0 Å². The zero-order chi connectivity index (χ0) is 19.6. The number of aliphatic hydroxyl groups is 2. The van der Waals surface area contributed by atoms with Crippen molar-refractivity contribution in [3.05, 3.63) is 59.7 Å². The summed E-state index contributed by atoms with van der Waals surface area (Å²) < 4.78 is 33.1. The summed E-state index contributed by atoms with van der Waals surface area (Å²) in [5, 5.41) is 29.4. The minimum Gasteiger partial charge on any atom is -0.497 e. The third kappa shape index (κ3) is 3.96. The standard InChI is InChI=1S/C19H20N2O5S/c1-26-14-7-5-13(6-8-14)16-10-17(22)19(23)18(16)21-27(24,25)15-4-2-3-12(9-15)11-20/h2-9,16-19,21-23H,10H2,1H3. The summed E-state index contributed by atoms with van der Waals surface area (Å²) in [7, 11) is -2.44. The summed E-state index contributed by atoms with van der Waals surface area (Å²) in [6, 6.07) is 13.7. The van der Waals surface area contributed by atoms with E-state index in [2.05, 4.69) is 4.72 Å². The molecule has 0 amide bonds. The first-order chi connectivity index (χ1) is 12.9. The number of sulfonamides is 1. The quantitative estimate of drug-likeness (QED) is 0.706. The van der Waals surface area contributed by atoms with Gasteiger partial charge in [0.25, 0.3) is 0 Å². The van der Waals surface area contributed by atoms with Gasteiger partial charge in [0.2, 0.25) is 10.0 Å². The molecule has 7 nitrogen and oxygen atoms in total. The number of nitriles is 1. The third-order valence-electron chi connectivity index (χ3n) is 4.80. The Labute approximate surface area is 157 Å². The SMILES string of the molecule is COc1ccc(C2CC(O)C(O)C2NS(=O)(=O)c2cccc(C#N)c2)cc1. The molecule has 0 spiro atoms. The van der Waals surface area contributed by atoms with Gasteiger partial charge in [-0.05, 0) is 42.3 Å². The maximum Gasteiger partial charge on any atom is 0.240 e. The molecule has 3 N–H and O–H groups in total. The molecule has 0 radical (unpaired) electrons. The van der Waals surface area contributed by atoms with Crippen molar-refractivity contribution >= 4 is 10.0 Å². The Morgan fingerprint density at radius 2 is 1.89 bits per heavy atom. The van der Waals surface area contributed by atoms with Crippen LogP contribution in [-0.2, 0) is 10.0 Å². The number of benzene rings is 2. The molecular weight excluding hydrogens is 368 g/mol. The van der Waals surface area contributed by atoms with E-state index in [0.717, 1.165) is 5.56 Å². The highest BCUT2D eigenvalue weighted by molar-refractivity contribution is 7.89. The van der Waals surface area contributed by atoms with E-state index in [0.29, 0.717) is 5.75 Å². The van der Waals surface area contributed by atoms with Gasteiger partial charge in [0.15, 0.2) is 0 Å². The van der Waals surface area contributed by atoms with Crippen LogP contribution in [0.5, 0.6) is 5.75 Å². The molecule has 0 aliphatic heterocycles. The van der Waals surface area contributed by atoms with Gasteiger partial charge in [-0.15, -0.1) is 0 Å². The van der Waals surface area contributed by atoms with Crippen LogP contribution in [0.3, 0.4) is 0 Å². The predicted octanol–water partition coefficient (Wildman–Crippen LogP) is 1.12. The largest absolute Gasteiger partial charge is 0.497 e. The molecule has 27 heavy (non-hydrogen) atoms. The Hall–Kier alpha value is -2.44. The van der Waals surface area contributed by atoms with Gasteiger partial charge in [0.05, 0.1) is 41.9 Å². The Bertz CT molecular complexity index is 953. The number of ether oxygens (including phenoxy) is 1. The minimum atomic E-state index is -3.98. The topological polar surface area (TPSA) is 120 Å². The number of aliphatic hydroxyl groups excluding tert-OH is 2. The predicted molar refractivity (Wildman–Crippen MR) is 97.6 cm³/mol. The number of hydrogen-bond acceptors (Lipinski definition) is 6. The van der Waals surface area contributed by atoms with Gasteiger partial charge >= 0.3 is 0 Å². The lowest BCUT2D eigenvalue weighted by molar-refractivity contribution is 0.0338. The summed E-state index contributed by atoms with van der Waals surface area (Å²) >= 11 is 0. The molecule has 8 heteroatoms. The highest BCUT2D eigenvalue weighted by Gasteiger charge is 2.44. The zero-order valence-electron chi connectivity index (χ0n) is 14.6. The number of nitrogens with zero attached hydrogens (tertiary/aromatic N) is 1. The summed E-state index contributed by atoms with van der Waals surface area (Å²) in [6.45, 7) is 0. The van der Waals surface area contributed by atoms with Crippen LogP contribution in [0.15, 0.2) is 53.4 Å². The molecule has 0 aromatic heterocycles. The molecular formula is C19H20N2O5S. The lowest BCUT2D eigenvalue weighted by Crippen LogP contribution is -2.45. The molecule has 1 aliphatic rings. The minimum absolute atomic E-state index is 0.0661. The fourth-order valence-corrected chi connectivity index (χ4v) is 4.69. The van der Waals surface area contributed by atoms with Gasteiger partial charge in [-0.3, -0.25) is 0 Å². The smallest absolute Gasteiger partial charge is 0.240 e. The van der Waals surface area contributed by atoms with E-state index in [1.165, 1.54) is 24.3 Å². The van der Waals surface area contributed by atoms with E-state index in [1.54, 1.807) is 31.4 Å². The average molecular weight is 388 g/mol. The van der Waals surface area contributed by atoms with E-state index in [9.17, 15) is 18.6 Å². The third-order valence-corrected chi connectivity index (χ3v) is 6.26. The van der Waals surface area contributed by atoms with Gasteiger partial charge in [0, 0.05) is 5.92 Å². The van der Waals surface area contributed by atoms with Crippen molar-refractivity contribution in [3.8, 4) is 11.8 Å². The fraction of sp³-hybridized carbons (Fsp3) is 0.316. The number of nitrogens with one attached hydrogen (secondary N) is 1. The van der Waals surface area contributed by atoms with Crippen molar-refractivity contribution in [1.29, 1.82) is 5.26 Å². The Morgan fingerprint density at radius 3 is 2.52 bits per heavy atom. The first kappa shape index (κ1) is 19.3. The van der Waals surface area contributed by atoms with E-state index in [-0.39, 0.29) is 16.9 Å². The van der Waals surface area contributed by atoms with E-state index in [4.69, 9.17) is 10.00 Å². The fourth-order valence-electron chi connectivity index (χ4n) is 3.35. The first-order valence-electron chi connectivity index (χ1n) is 8.38. The summed E-state index contributed by atoms with van der Waals surface area (Å²) in [4.78, 5) is -0.0661. The van der Waals surface area contributed by atoms with Crippen molar-refractivity contribution < 1.29 is 23.4 Å². The van der Waals surface area contributed by atoms with E-state index >= 15 is 0 Å². The lowest BCUT2D eigenvalue weighted by Gasteiger charge is -2.24. The van der Waals surface area contributed by atoms with Crippen LogP contribution < -0.4 is 9.46 Å². The second-order valence-corrected chi connectivity index (χ2v) is 8.17. The highest BCUT2D eigenvalue weighted by atomic mass is 32.2. The van der Waals surface area contributed by atoms with Crippen molar-refractivity contribution in [1.82, 2.24) is 4.72 Å². The number of hydrogen-bond donors (Lipinski definition) is 3. The highest BCUT2D eigenvalue weighted by Crippen LogP contribution is 2.36. The second-order valence-electron chi connectivity index (χ2n) is 6.46. The van der Waals surface area contributed by atoms with Crippen molar-refractivity contribution in [2.24, 2.45) is 0 Å². The maximum atomic E-state index is 12.8. The molecule has 0 bridgehead atoms. The maximum absolute atomic E-state index is 12.8. The zero-order valence-corrected chi connectivity index (χ0v) is 15.4. The van der Waals surface area contributed by atoms with Crippen LogP contribution >= 0.6 is 0 Å². The van der Waals surface area contributed by atoms with Crippen LogP contribution in [0.2, 0.25) is 0 Å². The lowest BCUT2D eigenvalue weighted by atomic mass is 9.94. The van der Waals surface area contributed by atoms with Crippen LogP contribution in [0.1, 0.15) is 23.5 Å². The van der Waals surface area contributed by atoms with Crippen molar-refractivity contribution in [3.63, 3.8) is 0 Å². The van der Waals surface area contributed by atoms with Crippen molar-refractivity contribution in [2.45, 2.75) is 35.5 Å². The molecule has 142 valence electrons. The van der Waals surface area contributed by atoms with Crippen LogP contribution in [0, 0.1) is 11.3 Å². The first-order valence-corrected chi connectivity index (χ1v) is 9.86. The molecule has 1 fully saturated rings. The van der Waals surface area contributed by atoms with Crippen LogP contribution in [-0.4, -0.2) is 44.0 Å². The molecule has 1 aliphatic carbocycles. The molecule has 2 aromatic carbocycles.